The summed E-state index contributed by atoms with van der Waals surface area (Å²) < 4.78 is 6.25. The van der Waals surface area contributed by atoms with E-state index in [1.165, 1.54) is 5.56 Å². The molecule has 2 unspecified atom stereocenters. The number of ether oxygens (including phenoxy) is 1. The number of aryl methyl sites for hydroxylation is 1. The van der Waals surface area contributed by atoms with Gasteiger partial charge in [-0.1, -0.05) is 61.5 Å². The fraction of sp³-hybridized carbons (Fsp3) is 0.407. The van der Waals surface area contributed by atoms with Crippen LogP contribution in [0.4, 0.5) is 0 Å². The van der Waals surface area contributed by atoms with Crippen molar-refractivity contribution in [3.63, 3.8) is 0 Å². The Morgan fingerprint density at radius 3 is 1.69 bits per heavy atom. The van der Waals surface area contributed by atoms with Gasteiger partial charge in [-0.3, -0.25) is 4.90 Å². The summed E-state index contributed by atoms with van der Waals surface area (Å²) in [5.41, 5.74) is 3.49. The monoisotopic (exact) mass is 548 g/mol. The Morgan fingerprint density at radius 2 is 1.23 bits per heavy atom. The van der Waals surface area contributed by atoms with Crippen molar-refractivity contribution in [2.45, 2.75) is 26.1 Å². The zero-order valence-corrected chi connectivity index (χ0v) is 22.0. The van der Waals surface area contributed by atoms with Gasteiger partial charge in [0.25, 0.3) is 0 Å². The molecule has 1 fully saturated rings. The molecular weight excluding hydrogens is 512 g/mol. The molecule has 12 nitrogen and oxygen atoms in total. The molecule has 0 amide bonds. The average Bonchev–Trinajstić information content (AvgIpc) is 2.91. The topological polar surface area (TPSA) is 185 Å². The molecule has 0 radical (unpaired) electrons. The Kier molecular flexibility index (Phi) is 15.0. The number of nitrogens with zero attached hydrogens (tertiary/aromatic N) is 2. The summed E-state index contributed by atoms with van der Waals surface area (Å²) in [6.45, 7) is 10.6. The van der Waals surface area contributed by atoms with Crippen molar-refractivity contribution in [2.24, 2.45) is 0 Å². The minimum Gasteiger partial charge on any atom is -0.473 e. The number of carboxylic acids is 4. The van der Waals surface area contributed by atoms with E-state index in [0.717, 1.165) is 43.9 Å². The molecular formula is C27H36N2O10. The first-order chi connectivity index (χ1) is 18.5. The lowest BCUT2D eigenvalue weighted by Crippen LogP contribution is -2.48. The lowest BCUT2D eigenvalue weighted by Gasteiger charge is -2.35. The molecule has 3 rings (SSSR count). The summed E-state index contributed by atoms with van der Waals surface area (Å²) in [7, 11) is 0. The largest absolute Gasteiger partial charge is 0.473 e. The Hall–Kier alpha value is -3.84. The maximum atomic E-state index is 10.6. The number of hydrogen-bond acceptors (Lipinski definition) is 8. The van der Waals surface area contributed by atoms with E-state index in [2.05, 4.69) is 47.9 Å². The van der Waals surface area contributed by atoms with E-state index in [1.54, 1.807) is 0 Å². The van der Waals surface area contributed by atoms with E-state index in [1.807, 2.05) is 30.3 Å². The average molecular weight is 549 g/mol. The lowest BCUT2D eigenvalue weighted by atomic mass is 9.97. The van der Waals surface area contributed by atoms with Crippen LogP contribution in [0, 0.1) is 6.92 Å². The van der Waals surface area contributed by atoms with Gasteiger partial charge in [-0.2, -0.15) is 0 Å². The van der Waals surface area contributed by atoms with Gasteiger partial charge in [0.1, 0.15) is 6.10 Å². The molecule has 0 aromatic heterocycles. The number of rotatable bonds is 8. The molecule has 5 N–H and O–H groups in total. The van der Waals surface area contributed by atoms with Crippen LogP contribution in [0.2, 0.25) is 0 Å². The Bertz CT molecular complexity index is 1010. The number of hydrogen-bond donors (Lipinski definition) is 5. The second kappa shape index (κ2) is 17.6. The standard InChI is InChI=1S/C23H32N2O2.2C2H2O4/c1-3-24-13-15-25(16-14-24)17-21(26)18-27-23(20-10-5-4-6-11-20)22-12-8-7-9-19(22)2;2*3-1(4)2(5)6/h4-12,21,23,26H,3,13-18H2,1-2H3;2*(H,3,4)(H,5,6). The lowest BCUT2D eigenvalue weighted by molar-refractivity contribution is -0.159. The van der Waals surface area contributed by atoms with Crippen molar-refractivity contribution in [1.29, 1.82) is 0 Å². The molecule has 39 heavy (non-hydrogen) atoms. The number of carboxylic acid groups (broad SMARTS) is 4. The van der Waals surface area contributed by atoms with Gasteiger partial charge < -0.3 is 35.2 Å². The zero-order chi connectivity index (χ0) is 29.4. The van der Waals surface area contributed by atoms with Gasteiger partial charge in [-0.05, 0) is 30.2 Å². The predicted molar refractivity (Wildman–Crippen MR) is 141 cm³/mol. The minimum absolute atomic E-state index is 0.154. The third kappa shape index (κ3) is 13.0. The van der Waals surface area contributed by atoms with E-state index in [4.69, 9.17) is 44.3 Å². The molecule has 12 heteroatoms. The number of likely N-dealkylation sites (N-methyl/N-ethyl adjacent to an activating group) is 1. The van der Waals surface area contributed by atoms with E-state index >= 15 is 0 Å². The van der Waals surface area contributed by atoms with Crippen LogP contribution in [0.25, 0.3) is 0 Å². The second-order valence-electron chi connectivity index (χ2n) is 8.59. The molecule has 1 aliphatic heterocycles. The van der Waals surface area contributed by atoms with E-state index in [-0.39, 0.29) is 6.10 Å². The van der Waals surface area contributed by atoms with Gasteiger partial charge in [0, 0.05) is 32.7 Å². The molecule has 0 saturated carbocycles. The Morgan fingerprint density at radius 1 is 0.769 bits per heavy atom. The highest BCUT2D eigenvalue weighted by atomic mass is 16.5. The van der Waals surface area contributed by atoms with Gasteiger partial charge in [-0.15, -0.1) is 0 Å². The van der Waals surface area contributed by atoms with E-state index < -0.39 is 30.0 Å². The SMILES string of the molecule is CCN1CCN(CC(O)COC(c2ccccc2)c2ccccc2C)CC1.O=C(O)C(=O)O.O=C(O)C(=O)O. The third-order valence-electron chi connectivity index (χ3n) is 5.78. The predicted octanol–water partition coefficient (Wildman–Crippen LogP) is 1.41. The summed E-state index contributed by atoms with van der Waals surface area (Å²) in [5, 5.41) is 40.1. The zero-order valence-electron chi connectivity index (χ0n) is 22.0. The molecule has 1 saturated heterocycles. The first-order valence-corrected chi connectivity index (χ1v) is 12.2. The van der Waals surface area contributed by atoms with Crippen LogP contribution >= 0.6 is 0 Å². The van der Waals surface area contributed by atoms with Crippen LogP contribution in [0.5, 0.6) is 0 Å². The molecule has 0 spiro atoms. The van der Waals surface area contributed by atoms with Gasteiger partial charge in [0.05, 0.1) is 12.7 Å². The molecule has 0 aliphatic carbocycles. The maximum Gasteiger partial charge on any atom is 0.414 e. The number of piperazine rings is 1. The van der Waals surface area contributed by atoms with E-state index in [0.29, 0.717) is 13.2 Å². The summed E-state index contributed by atoms with van der Waals surface area (Å²) >= 11 is 0. The molecule has 2 aromatic rings. The van der Waals surface area contributed by atoms with Crippen molar-refractivity contribution >= 4 is 23.9 Å². The number of benzene rings is 2. The highest BCUT2D eigenvalue weighted by Gasteiger charge is 2.21. The summed E-state index contributed by atoms with van der Waals surface area (Å²) in [4.78, 5) is 41.2. The minimum atomic E-state index is -1.82. The van der Waals surface area contributed by atoms with Gasteiger partial charge >= 0.3 is 23.9 Å². The fourth-order valence-electron chi connectivity index (χ4n) is 3.72. The molecule has 1 heterocycles. The fourth-order valence-corrected chi connectivity index (χ4v) is 3.72. The van der Waals surface area contributed by atoms with Gasteiger partial charge in [0.2, 0.25) is 0 Å². The molecule has 214 valence electrons. The number of aliphatic hydroxyl groups excluding tert-OH is 1. The number of aliphatic hydroxyl groups is 1. The quantitative estimate of drug-likeness (QED) is 0.299. The van der Waals surface area contributed by atoms with Crippen molar-refractivity contribution in [3.8, 4) is 0 Å². The summed E-state index contributed by atoms with van der Waals surface area (Å²) in [6.07, 6.45) is -0.632. The van der Waals surface area contributed by atoms with Crippen LogP contribution in [0.15, 0.2) is 54.6 Å². The Labute approximate surface area is 226 Å². The van der Waals surface area contributed by atoms with Crippen LogP contribution in [0.1, 0.15) is 29.7 Å². The maximum absolute atomic E-state index is 10.6. The van der Waals surface area contributed by atoms with Crippen LogP contribution in [-0.4, -0.2) is 111 Å². The molecule has 0 bridgehead atoms. The summed E-state index contributed by atoms with van der Waals surface area (Å²) in [6, 6.07) is 18.6. The first-order valence-electron chi connectivity index (χ1n) is 12.2. The van der Waals surface area contributed by atoms with Crippen LogP contribution < -0.4 is 0 Å². The highest BCUT2D eigenvalue weighted by Crippen LogP contribution is 2.28. The first kappa shape index (κ1) is 33.2. The van der Waals surface area contributed by atoms with Gasteiger partial charge in [0.15, 0.2) is 0 Å². The number of aliphatic carboxylic acids is 4. The third-order valence-corrected chi connectivity index (χ3v) is 5.78. The van der Waals surface area contributed by atoms with Crippen molar-refractivity contribution in [1.82, 2.24) is 9.80 Å². The van der Waals surface area contributed by atoms with E-state index in [9.17, 15) is 5.11 Å². The molecule has 2 atom stereocenters. The normalized spacial score (nSPS) is 14.9. The molecule has 2 aromatic carbocycles. The summed E-state index contributed by atoms with van der Waals surface area (Å²) in [5.74, 6) is -7.30. The number of carbonyl (C=O) groups is 4. The smallest absolute Gasteiger partial charge is 0.414 e. The van der Waals surface area contributed by atoms with Crippen molar-refractivity contribution in [2.75, 3.05) is 45.9 Å². The van der Waals surface area contributed by atoms with Crippen LogP contribution in [0.3, 0.4) is 0 Å². The highest BCUT2D eigenvalue weighted by molar-refractivity contribution is 6.27. The van der Waals surface area contributed by atoms with Crippen LogP contribution in [-0.2, 0) is 23.9 Å². The number of β-amino-alcohol motifs (C(OH)–C–C–N with tert-alkyl or cyclic N) is 1. The van der Waals surface area contributed by atoms with Gasteiger partial charge in [-0.25, -0.2) is 19.2 Å². The Balaban J connectivity index is 0.000000530. The van der Waals surface area contributed by atoms with Crippen molar-refractivity contribution in [3.05, 3.63) is 71.3 Å². The molecule has 1 aliphatic rings. The second-order valence-corrected chi connectivity index (χ2v) is 8.59. The van der Waals surface area contributed by atoms with Crippen molar-refractivity contribution < 1.29 is 49.4 Å².